The molecule has 0 bridgehead atoms. The maximum atomic E-state index is 13.3. The highest BCUT2D eigenvalue weighted by Gasteiger charge is 2.23. The Morgan fingerprint density at radius 2 is 2.03 bits per heavy atom. The molecule has 0 fully saturated rings. The lowest BCUT2D eigenvalue weighted by Gasteiger charge is -2.19. The smallest absolute Gasteiger partial charge is 0.346 e. The Bertz CT molecular complexity index is 1360. The van der Waals surface area contributed by atoms with Crippen LogP contribution in [0.1, 0.15) is 45.0 Å². The van der Waals surface area contributed by atoms with E-state index in [4.69, 9.17) is 25.8 Å². The van der Waals surface area contributed by atoms with Gasteiger partial charge < -0.3 is 14.2 Å². The van der Waals surface area contributed by atoms with Crippen molar-refractivity contribution in [3.05, 3.63) is 60.0 Å². The SMILES string of the molecule is CCCCc1nc2ccc(Br)cc2c(=O)n1N=Cc1cc(OCC)c(O[C@@H](C)C(=O)OC)c(Cl)c1Br. The van der Waals surface area contributed by atoms with Crippen molar-refractivity contribution in [2.24, 2.45) is 5.10 Å². The number of methoxy groups -OCH3 is 1. The number of esters is 1. The van der Waals surface area contributed by atoms with Gasteiger partial charge in [-0.05, 0) is 60.5 Å². The quantitative estimate of drug-likeness (QED) is 0.195. The lowest BCUT2D eigenvalue weighted by atomic mass is 10.2. The summed E-state index contributed by atoms with van der Waals surface area (Å²) in [6.45, 7) is 5.77. The predicted molar refractivity (Wildman–Crippen MR) is 148 cm³/mol. The third-order valence-corrected chi connectivity index (χ3v) is 7.16. The summed E-state index contributed by atoms with van der Waals surface area (Å²) in [6.07, 6.45) is 3.01. The molecule has 0 aliphatic carbocycles. The second kappa shape index (κ2) is 12.7. The van der Waals surface area contributed by atoms with E-state index in [1.54, 1.807) is 19.1 Å². The molecule has 0 aliphatic rings. The average Bonchev–Trinajstić information content (AvgIpc) is 2.87. The summed E-state index contributed by atoms with van der Waals surface area (Å²) in [5.41, 5.74) is 0.886. The molecule has 11 heteroatoms. The van der Waals surface area contributed by atoms with Crippen molar-refractivity contribution < 1.29 is 19.0 Å². The van der Waals surface area contributed by atoms with Crippen LogP contribution in [0.3, 0.4) is 0 Å². The number of unbranched alkanes of at least 4 members (excludes halogenated alkanes) is 1. The molecule has 1 atom stereocenters. The van der Waals surface area contributed by atoms with E-state index < -0.39 is 12.1 Å². The van der Waals surface area contributed by atoms with Crippen molar-refractivity contribution in [1.29, 1.82) is 0 Å². The molecular formula is C25H26Br2ClN3O5. The van der Waals surface area contributed by atoms with Crippen LogP contribution in [0, 0.1) is 0 Å². The zero-order valence-electron chi connectivity index (χ0n) is 20.3. The molecule has 0 aliphatic heterocycles. The first-order valence-electron chi connectivity index (χ1n) is 11.4. The van der Waals surface area contributed by atoms with E-state index in [0.29, 0.717) is 45.5 Å². The number of carbonyl (C=O) groups is 1. The number of ether oxygens (including phenoxy) is 3. The van der Waals surface area contributed by atoms with Gasteiger partial charge in [-0.25, -0.2) is 9.78 Å². The van der Waals surface area contributed by atoms with Crippen LogP contribution in [0.15, 0.2) is 43.1 Å². The zero-order valence-corrected chi connectivity index (χ0v) is 24.2. The first kappa shape index (κ1) is 28.1. The van der Waals surface area contributed by atoms with E-state index in [0.717, 1.165) is 17.3 Å². The van der Waals surface area contributed by atoms with Gasteiger partial charge in [0.1, 0.15) is 10.8 Å². The molecule has 2 aromatic carbocycles. The van der Waals surface area contributed by atoms with Crippen LogP contribution in [0.2, 0.25) is 5.02 Å². The maximum absolute atomic E-state index is 13.3. The number of carbonyl (C=O) groups excluding carboxylic acids is 1. The number of hydrogen-bond acceptors (Lipinski definition) is 7. The Labute approximate surface area is 230 Å². The highest BCUT2D eigenvalue weighted by atomic mass is 79.9. The number of halogens is 3. The molecule has 8 nitrogen and oxygen atoms in total. The molecule has 192 valence electrons. The molecule has 3 aromatic rings. The molecule has 0 saturated carbocycles. The number of aromatic nitrogens is 2. The van der Waals surface area contributed by atoms with Gasteiger partial charge in [0.25, 0.3) is 5.56 Å². The van der Waals surface area contributed by atoms with Crippen LogP contribution in [-0.4, -0.2) is 41.7 Å². The highest BCUT2D eigenvalue weighted by Crippen LogP contribution is 2.43. The predicted octanol–water partition coefficient (Wildman–Crippen LogP) is 6.14. The fraction of sp³-hybridized carbons (Fsp3) is 0.360. The summed E-state index contributed by atoms with van der Waals surface area (Å²) in [6, 6.07) is 7.06. The maximum Gasteiger partial charge on any atom is 0.346 e. The van der Waals surface area contributed by atoms with E-state index in [9.17, 15) is 9.59 Å². The van der Waals surface area contributed by atoms with Gasteiger partial charge in [0, 0.05) is 20.9 Å². The Morgan fingerprint density at radius 1 is 1.28 bits per heavy atom. The Balaban J connectivity index is 2.11. The number of aryl methyl sites for hydroxylation is 1. The van der Waals surface area contributed by atoms with Crippen LogP contribution in [0.5, 0.6) is 11.5 Å². The Kier molecular flexibility index (Phi) is 9.92. The third-order valence-electron chi connectivity index (χ3n) is 5.23. The largest absolute Gasteiger partial charge is 0.490 e. The van der Waals surface area contributed by atoms with Crippen LogP contribution >= 0.6 is 43.5 Å². The van der Waals surface area contributed by atoms with Gasteiger partial charge in [0.05, 0.1) is 30.8 Å². The summed E-state index contributed by atoms with van der Waals surface area (Å²) in [4.78, 5) is 29.9. The molecule has 1 aromatic heterocycles. The summed E-state index contributed by atoms with van der Waals surface area (Å²) in [5.74, 6) is 0.525. The van der Waals surface area contributed by atoms with Gasteiger partial charge in [0.2, 0.25) is 0 Å². The number of benzene rings is 2. The number of rotatable bonds is 10. The van der Waals surface area contributed by atoms with E-state index in [-0.39, 0.29) is 16.3 Å². The molecular weight excluding hydrogens is 618 g/mol. The number of hydrogen-bond donors (Lipinski definition) is 0. The first-order chi connectivity index (χ1) is 17.2. The van der Waals surface area contributed by atoms with Gasteiger partial charge in [0.15, 0.2) is 17.6 Å². The second-order valence-electron chi connectivity index (χ2n) is 7.79. The number of nitrogens with zero attached hydrogens (tertiary/aromatic N) is 3. The summed E-state index contributed by atoms with van der Waals surface area (Å²) in [5, 5.41) is 5.13. The molecule has 1 heterocycles. The van der Waals surface area contributed by atoms with E-state index in [2.05, 4.69) is 48.9 Å². The zero-order chi connectivity index (χ0) is 26.4. The fourth-order valence-corrected chi connectivity index (χ4v) is 4.40. The van der Waals surface area contributed by atoms with Crippen molar-refractivity contribution in [2.45, 2.75) is 46.1 Å². The van der Waals surface area contributed by atoms with Crippen molar-refractivity contribution in [2.75, 3.05) is 13.7 Å². The van der Waals surface area contributed by atoms with E-state index in [1.165, 1.54) is 18.0 Å². The van der Waals surface area contributed by atoms with E-state index >= 15 is 0 Å². The second-order valence-corrected chi connectivity index (χ2v) is 9.88. The summed E-state index contributed by atoms with van der Waals surface area (Å²) >= 11 is 13.5. The summed E-state index contributed by atoms with van der Waals surface area (Å²) < 4.78 is 18.8. The van der Waals surface area contributed by atoms with Crippen molar-refractivity contribution in [3.8, 4) is 11.5 Å². The Hall–Kier alpha value is -2.43. The van der Waals surface area contributed by atoms with Crippen LogP contribution in [0.4, 0.5) is 0 Å². The van der Waals surface area contributed by atoms with Crippen molar-refractivity contribution >= 4 is 66.5 Å². The van der Waals surface area contributed by atoms with Crippen LogP contribution in [-0.2, 0) is 16.0 Å². The first-order valence-corrected chi connectivity index (χ1v) is 13.3. The van der Waals surface area contributed by atoms with Crippen molar-refractivity contribution in [1.82, 2.24) is 9.66 Å². The van der Waals surface area contributed by atoms with Gasteiger partial charge in [-0.1, -0.05) is 40.9 Å². The van der Waals surface area contributed by atoms with Gasteiger partial charge >= 0.3 is 5.97 Å². The lowest BCUT2D eigenvalue weighted by molar-refractivity contribution is -0.147. The normalized spacial score (nSPS) is 12.2. The molecule has 3 rings (SSSR count). The molecule has 0 amide bonds. The van der Waals surface area contributed by atoms with Gasteiger partial charge in [-0.3, -0.25) is 4.79 Å². The minimum Gasteiger partial charge on any atom is -0.490 e. The Morgan fingerprint density at radius 3 is 2.69 bits per heavy atom. The van der Waals surface area contributed by atoms with E-state index in [1.807, 2.05) is 19.1 Å². The minimum atomic E-state index is -0.902. The van der Waals surface area contributed by atoms with Gasteiger partial charge in [-0.2, -0.15) is 9.78 Å². The molecule has 0 unspecified atom stereocenters. The number of fused-ring (bicyclic) bond motifs is 1. The standard InChI is InChI=1S/C25H26Br2ClN3O5/c1-5-7-8-20-30-18-10-9-16(26)12-17(18)24(32)31(20)29-13-15-11-19(35-6-2)23(22(28)21(15)27)36-14(3)25(33)34-4/h9-14H,5-8H2,1-4H3/t14-/m0/s1. The lowest BCUT2D eigenvalue weighted by Crippen LogP contribution is -2.25. The average molecular weight is 644 g/mol. The third kappa shape index (κ3) is 6.27. The topological polar surface area (TPSA) is 92.0 Å². The van der Waals surface area contributed by atoms with Crippen molar-refractivity contribution in [3.63, 3.8) is 0 Å². The van der Waals surface area contributed by atoms with Gasteiger partial charge in [-0.15, -0.1) is 0 Å². The molecule has 0 spiro atoms. The van der Waals surface area contributed by atoms with Crippen LogP contribution in [0.25, 0.3) is 10.9 Å². The fourth-order valence-electron chi connectivity index (χ4n) is 3.39. The monoisotopic (exact) mass is 641 g/mol. The highest BCUT2D eigenvalue weighted by molar-refractivity contribution is 9.10. The molecule has 36 heavy (non-hydrogen) atoms. The molecule has 0 radical (unpaired) electrons. The summed E-state index contributed by atoms with van der Waals surface area (Å²) in [7, 11) is 1.28. The molecule has 0 N–H and O–H groups in total. The minimum absolute atomic E-state index is 0.192. The molecule has 0 saturated heterocycles. The van der Waals surface area contributed by atoms with Crippen LogP contribution < -0.4 is 15.0 Å².